The molecule has 4 heterocycles. The maximum absolute atomic E-state index is 13.3. The molecule has 9 heteroatoms. The molecule has 1 aliphatic heterocycles. The molecule has 3 N–H and O–H groups in total. The molecule has 6 rings (SSSR count). The molecule has 4 aromatic rings. The normalized spacial score (nSPS) is 16.5. The van der Waals surface area contributed by atoms with Crippen LogP contribution in [-0.2, 0) is 10.2 Å². The number of hydrogen-bond acceptors (Lipinski definition) is 6. The van der Waals surface area contributed by atoms with Crippen LogP contribution in [0.4, 0.5) is 11.4 Å². The summed E-state index contributed by atoms with van der Waals surface area (Å²) in [4.78, 5) is 26.3. The zero-order chi connectivity index (χ0) is 25.0. The van der Waals surface area contributed by atoms with Crippen molar-refractivity contribution in [1.82, 2.24) is 20.3 Å². The van der Waals surface area contributed by atoms with E-state index in [-0.39, 0.29) is 17.4 Å². The number of methoxy groups -OCH3 is 2. The maximum Gasteiger partial charge on any atom is 0.255 e. The highest BCUT2D eigenvalue weighted by atomic mass is 35.5. The number of nitrogens with one attached hydrogen (secondary N) is 3. The first-order valence-corrected chi connectivity index (χ1v) is 12.3. The monoisotopic (exact) mass is 503 g/mol. The van der Waals surface area contributed by atoms with Gasteiger partial charge in [-0.25, -0.2) is 4.98 Å². The van der Waals surface area contributed by atoms with Gasteiger partial charge in [-0.15, -0.1) is 0 Å². The van der Waals surface area contributed by atoms with Crippen LogP contribution in [0.25, 0.3) is 22.3 Å². The highest BCUT2D eigenvalue weighted by Gasteiger charge is 2.51. The highest BCUT2D eigenvalue weighted by Crippen LogP contribution is 2.54. The number of ether oxygens (including phenoxy) is 2. The number of benzene rings is 1. The van der Waals surface area contributed by atoms with Gasteiger partial charge < -0.3 is 25.1 Å². The van der Waals surface area contributed by atoms with Gasteiger partial charge >= 0.3 is 0 Å². The topological polar surface area (TPSA) is 101 Å². The van der Waals surface area contributed by atoms with Gasteiger partial charge in [-0.3, -0.25) is 9.78 Å². The van der Waals surface area contributed by atoms with Crippen LogP contribution in [0.1, 0.15) is 47.6 Å². The van der Waals surface area contributed by atoms with Crippen LogP contribution in [0.15, 0.2) is 42.6 Å². The summed E-state index contributed by atoms with van der Waals surface area (Å²) in [6.07, 6.45) is 3.62. The first kappa shape index (κ1) is 22.8. The van der Waals surface area contributed by atoms with Crippen molar-refractivity contribution in [2.75, 3.05) is 26.1 Å². The Hall–Kier alpha value is -3.62. The molecule has 1 atom stereocenters. The molecule has 1 aliphatic carbocycles. The van der Waals surface area contributed by atoms with Gasteiger partial charge in [0.25, 0.3) is 5.91 Å². The van der Waals surface area contributed by atoms with Crippen LogP contribution in [-0.4, -0.2) is 41.6 Å². The number of carbonyl (C=O) groups excluding carboxylic acids is 1. The van der Waals surface area contributed by atoms with Crippen LogP contribution in [0, 0.1) is 0 Å². The summed E-state index contributed by atoms with van der Waals surface area (Å²) < 4.78 is 11.1. The average Bonchev–Trinajstić information content (AvgIpc) is 3.58. The van der Waals surface area contributed by atoms with E-state index in [4.69, 9.17) is 26.1 Å². The summed E-state index contributed by atoms with van der Waals surface area (Å²) in [6, 6.07) is 11.3. The quantitative estimate of drug-likeness (QED) is 0.320. The Morgan fingerprint density at radius 3 is 2.75 bits per heavy atom. The minimum Gasteiger partial charge on any atom is -0.493 e. The summed E-state index contributed by atoms with van der Waals surface area (Å²) in [5.41, 5.74) is 6.72. The van der Waals surface area contributed by atoms with Crippen molar-refractivity contribution < 1.29 is 14.3 Å². The number of hydrogen-bond donors (Lipinski definition) is 3. The third-order valence-corrected chi connectivity index (χ3v) is 7.57. The molecule has 0 saturated heterocycles. The number of pyridine rings is 2. The van der Waals surface area contributed by atoms with E-state index >= 15 is 0 Å². The van der Waals surface area contributed by atoms with Crippen molar-refractivity contribution >= 4 is 39.9 Å². The lowest BCUT2D eigenvalue weighted by Gasteiger charge is -2.23. The van der Waals surface area contributed by atoms with Crippen molar-refractivity contribution in [3.8, 4) is 17.0 Å². The fourth-order valence-electron chi connectivity index (χ4n) is 4.99. The fourth-order valence-corrected chi connectivity index (χ4v) is 5.25. The molecule has 0 unspecified atom stereocenters. The van der Waals surface area contributed by atoms with E-state index in [2.05, 4.69) is 20.6 Å². The molecule has 8 nitrogen and oxygen atoms in total. The van der Waals surface area contributed by atoms with Gasteiger partial charge in [-0.1, -0.05) is 17.7 Å². The predicted octanol–water partition coefficient (Wildman–Crippen LogP) is 5.51. The van der Waals surface area contributed by atoms with Crippen LogP contribution >= 0.6 is 11.6 Å². The van der Waals surface area contributed by atoms with Crippen molar-refractivity contribution in [2.45, 2.75) is 31.3 Å². The minimum atomic E-state index is -0.173. The number of H-pyrrole nitrogens is 1. The Morgan fingerprint density at radius 2 is 2.00 bits per heavy atom. The zero-order valence-corrected chi connectivity index (χ0v) is 21.0. The first-order chi connectivity index (χ1) is 17.5. The molecule has 1 saturated carbocycles. The average molecular weight is 504 g/mol. The van der Waals surface area contributed by atoms with Crippen molar-refractivity contribution in [3.05, 3.63) is 64.6 Å². The van der Waals surface area contributed by atoms with E-state index in [1.807, 2.05) is 37.3 Å². The van der Waals surface area contributed by atoms with Crippen molar-refractivity contribution in [2.24, 2.45) is 0 Å². The lowest BCUT2D eigenvalue weighted by Crippen LogP contribution is -2.39. The second kappa shape index (κ2) is 8.50. The smallest absolute Gasteiger partial charge is 0.255 e. The Kier molecular flexibility index (Phi) is 5.39. The number of nitrogens with zero attached hydrogens (tertiary/aromatic N) is 2. The van der Waals surface area contributed by atoms with Crippen LogP contribution < -0.4 is 15.4 Å². The van der Waals surface area contributed by atoms with E-state index < -0.39 is 0 Å². The van der Waals surface area contributed by atoms with E-state index in [1.165, 1.54) is 0 Å². The molecule has 0 radical (unpaired) electrons. The summed E-state index contributed by atoms with van der Waals surface area (Å²) in [5, 5.41) is 7.04. The van der Waals surface area contributed by atoms with Crippen molar-refractivity contribution in [1.29, 1.82) is 0 Å². The number of aromatic nitrogens is 3. The van der Waals surface area contributed by atoms with Crippen molar-refractivity contribution in [3.63, 3.8) is 0 Å². The standard InChI is InChI=1S/C27H26ClN5O3/c1-14(35-2)17-7-8-18-21(31-17)15(9-12-29-18)22-23(32-19-6-4-5-16(28)24(19)36-3)20-25(33-22)27(10-11-27)13-30-26(20)34/h4-9,12,14,32-33H,10-11,13H2,1-3H3,(H,30,34)/t14-/m1/s1. The molecule has 1 amide bonds. The summed E-state index contributed by atoms with van der Waals surface area (Å²) in [5.74, 6) is 0.389. The third kappa shape index (κ3) is 3.51. The van der Waals surface area contributed by atoms with Crippen LogP contribution in [0.5, 0.6) is 5.75 Å². The number of amides is 1. The Balaban J connectivity index is 1.61. The second-order valence-corrected chi connectivity index (χ2v) is 9.78. The lowest BCUT2D eigenvalue weighted by atomic mass is 9.93. The van der Waals surface area contributed by atoms with Crippen LogP contribution in [0.3, 0.4) is 0 Å². The lowest BCUT2D eigenvalue weighted by molar-refractivity contribution is 0.0938. The number of halogens is 1. The fraction of sp³-hybridized carbons (Fsp3) is 0.296. The highest BCUT2D eigenvalue weighted by molar-refractivity contribution is 6.32. The number of aromatic amines is 1. The summed E-state index contributed by atoms with van der Waals surface area (Å²) in [6.45, 7) is 2.58. The number of anilines is 2. The summed E-state index contributed by atoms with van der Waals surface area (Å²) in [7, 11) is 3.23. The molecule has 1 aromatic carbocycles. The van der Waals surface area contributed by atoms with Gasteiger partial charge in [0.15, 0.2) is 5.75 Å². The second-order valence-electron chi connectivity index (χ2n) is 9.37. The maximum atomic E-state index is 13.3. The molecule has 184 valence electrons. The first-order valence-electron chi connectivity index (χ1n) is 11.9. The number of para-hydroxylation sites is 1. The Bertz CT molecular complexity index is 1510. The van der Waals surface area contributed by atoms with E-state index in [0.717, 1.165) is 46.5 Å². The van der Waals surface area contributed by atoms with Crippen LogP contribution in [0.2, 0.25) is 5.02 Å². The Morgan fingerprint density at radius 1 is 1.17 bits per heavy atom. The number of rotatable bonds is 6. The minimum absolute atomic E-state index is 0.0671. The number of carbonyl (C=O) groups is 1. The van der Waals surface area contributed by atoms with E-state index in [1.54, 1.807) is 26.5 Å². The molecular weight excluding hydrogens is 478 g/mol. The molecule has 0 bridgehead atoms. The number of fused-ring (bicyclic) bond motifs is 3. The zero-order valence-electron chi connectivity index (χ0n) is 20.2. The van der Waals surface area contributed by atoms with Gasteiger partial charge in [-0.2, -0.15) is 0 Å². The van der Waals surface area contributed by atoms with E-state index in [0.29, 0.717) is 34.3 Å². The molecule has 2 aliphatic rings. The molecule has 3 aromatic heterocycles. The predicted molar refractivity (Wildman–Crippen MR) is 139 cm³/mol. The van der Waals surface area contributed by atoms with Gasteiger partial charge in [0.2, 0.25) is 0 Å². The molecule has 1 fully saturated rings. The van der Waals surface area contributed by atoms with Gasteiger partial charge in [0, 0.05) is 36.5 Å². The Labute approximate surface area is 213 Å². The molecule has 1 spiro atoms. The molecular formula is C27H26ClN5O3. The van der Waals surface area contributed by atoms with Gasteiger partial charge in [0.1, 0.15) is 0 Å². The third-order valence-electron chi connectivity index (χ3n) is 7.27. The van der Waals surface area contributed by atoms with Gasteiger partial charge in [0.05, 0.1) is 57.6 Å². The van der Waals surface area contributed by atoms with Gasteiger partial charge in [-0.05, 0) is 50.1 Å². The summed E-state index contributed by atoms with van der Waals surface area (Å²) >= 11 is 6.41. The largest absolute Gasteiger partial charge is 0.493 e. The molecule has 36 heavy (non-hydrogen) atoms. The SMILES string of the molecule is COc1c(Cl)cccc1Nc1c(-c2ccnc3ccc([C@@H](C)OC)nc23)[nH]c2c1C(=O)NCC21CC1. The van der Waals surface area contributed by atoms with E-state index in [9.17, 15) is 4.79 Å².